The molecule has 0 bridgehead atoms. The van der Waals surface area contributed by atoms with Crippen LogP contribution in [0.5, 0.6) is 0 Å². The second kappa shape index (κ2) is 15.9. The first-order valence-corrected chi connectivity index (χ1v) is 8.67. The van der Waals surface area contributed by atoms with Gasteiger partial charge in [0, 0.05) is 6.54 Å². The Hall–Kier alpha value is -1.46. The van der Waals surface area contributed by atoms with Crippen LogP contribution in [0.15, 0.2) is 0 Å². The Bertz CT molecular complexity index is 286. The maximum absolute atomic E-state index is 11.3. The number of hydrogen-bond acceptors (Lipinski definition) is 3. The molecular weight excluding hydrogens is 282 g/mol. The van der Waals surface area contributed by atoms with Crippen LogP contribution in [0, 0.1) is 0 Å². The van der Waals surface area contributed by atoms with Crippen molar-refractivity contribution in [1.29, 1.82) is 0 Å². The average molecular weight is 315 g/mol. The molecular formula is C16H33N3O3. The van der Waals surface area contributed by atoms with Gasteiger partial charge in [-0.3, -0.25) is 0 Å². The van der Waals surface area contributed by atoms with Gasteiger partial charge < -0.3 is 10.1 Å². The van der Waals surface area contributed by atoms with Crippen molar-refractivity contribution in [2.24, 2.45) is 0 Å². The molecule has 0 unspecified atom stereocenters. The van der Waals surface area contributed by atoms with Gasteiger partial charge >= 0.3 is 12.1 Å². The Balaban J connectivity index is 3.22. The largest absolute Gasteiger partial charge is 0.449 e. The van der Waals surface area contributed by atoms with Crippen molar-refractivity contribution in [3.8, 4) is 0 Å². The molecule has 0 rings (SSSR count). The molecule has 0 aliphatic rings. The molecule has 0 atom stereocenters. The Morgan fingerprint density at radius 2 is 1.32 bits per heavy atom. The number of carbonyl (C=O) groups is 2. The highest BCUT2D eigenvalue weighted by Crippen LogP contribution is 2.10. The van der Waals surface area contributed by atoms with E-state index in [2.05, 4.69) is 27.8 Å². The van der Waals surface area contributed by atoms with Gasteiger partial charge in [0.05, 0.1) is 6.61 Å². The van der Waals surface area contributed by atoms with E-state index >= 15 is 0 Å². The minimum Gasteiger partial charge on any atom is -0.449 e. The first-order valence-electron chi connectivity index (χ1n) is 8.67. The molecule has 130 valence electrons. The lowest BCUT2D eigenvalue weighted by Crippen LogP contribution is -2.47. The van der Waals surface area contributed by atoms with E-state index in [0.29, 0.717) is 6.54 Å². The van der Waals surface area contributed by atoms with Gasteiger partial charge in [0.1, 0.15) is 0 Å². The molecule has 0 aromatic carbocycles. The number of amides is 3. The minimum absolute atomic E-state index is 0.272. The summed E-state index contributed by atoms with van der Waals surface area (Å²) in [7, 11) is 0. The molecule has 6 nitrogen and oxygen atoms in total. The predicted molar refractivity (Wildman–Crippen MR) is 88.5 cm³/mol. The Morgan fingerprint density at radius 3 is 1.86 bits per heavy atom. The lowest BCUT2D eigenvalue weighted by atomic mass is 10.1. The molecule has 6 heteroatoms. The lowest BCUT2D eigenvalue weighted by molar-refractivity contribution is 0.147. The van der Waals surface area contributed by atoms with Crippen molar-refractivity contribution in [1.82, 2.24) is 16.2 Å². The van der Waals surface area contributed by atoms with Gasteiger partial charge in [-0.05, 0) is 13.3 Å². The number of nitrogens with one attached hydrogen (secondary N) is 3. The molecule has 0 radical (unpaired) electrons. The fraction of sp³-hybridized carbons (Fsp3) is 0.875. The van der Waals surface area contributed by atoms with Crippen molar-refractivity contribution in [3.63, 3.8) is 0 Å². The normalized spacial score (nSPS) is 10.1. The standard InChI is InChI=1S/C16H33N3O3/c1-3-5-6-7-8-9-10-11-12-13-14-17-15(20)18-19-16(21)22-4-2/h3-14H2,1-2H3,(H,19,21)(H2,17,18,20). The summed E-state index contributed by atoms with van der Waals surface area (Å²) in [4.78, 5) is 22.3. The van der Waals surface area contributed by atoms with Crippen LogP contribution >= 0.6 is 0 Å². The molecule has 0 heterocycles. The van der Waals surface area contributed by atoms with E-state index < -0.39 is 12.1 Å². The van der Waals surface area contributed by atoms with Crippen LogP contribution in [0.1, 0.15) is 78.1 Å². The van der Waals surface area contributed by atoms with E-state index in [9.17, 15) is 9.59 Å². The molecule has 0 aliphatic carbocycles. The zero-order valence-electron chi connectivity index (χ0n) is 14.2. The Morgan fingerprint density at radius 1 is 0.773 bits per heavy atom. The molecule has 0 fully saturated rings. The van der Waals surface area contributed by atoms with Crippen LogP contribution in [0.4, 0.5) is 9.59 Å². The maximum atomic E-state index is 11.3. The number of hydrazine groups is 1. The quantitative estimate of drug-likeness (QED) is 0.378. The number of urea groups is 1. The predicted octanol–water partition coefficient (Wildman–Crippen LogP) is 3.87. The van der Waals surface area contributed by atoms with Crippen LogP contribution in [0.3, 0.4) is 0 Å². The topological polar surface area (TPSA) is 79.5 Å². The van der Waals surface area contributed by atoms with Crippen LogP contribution in [-0.2, 0) is 4.74 Å². The summed E-state index contributed by atoms with van der Waals surface area (Å²) >= 11 is 0. The SMILES string of the molecule is CCCCCCCCCCCCNC(=O)NNC(=O)OCC. The van der Waals surface area contributed by atoms with Crippen molar-refractivity contribution < 1.29 is 14.3 Å². The van der Waals surface area contributed by atoms with Gasteiger partial charge in [0.15, 0.2) is 0 Å². The highest BCUT2D eigenvalue weighted by molar-refractivity contribution is 5.77. The van der Waals surface area contributed by atoms with Gasteiger partial charge in [0.25, 0.3) is 0 Å². The van der Waals surface area contributed by atoms with Gasteiger partial charge in [-0.15, -0.1) is 0 Å². The highest BCUT2D eigenvalue weighted by atomic mass is 16.6. The fourth-order valence-electron chi connectivity index (χ4n) is 2.13. The molecule has 0 aromatic rings. The van der Waals surface area contributed by atoms with Gasteiger partial charge in [-0.2, -0.15) is 0 Å². The second-order valence-electron chi connectivity index (χ2n) is 5.41. The monoisotopic (exact) mass is 315 g/mol. The van der Waals surface area contributed by atoms with Crippen LogP contribution in [0.25, 0.3) is 0 Å². The van der Waals surface area contributed by atoms with Crippen molar-refractivity contribution in [2.45, 2.75) is 78.1 Å². The summed E-state index contributed by atoms with van der Waals surface area (Å²) in [6, 6.07) is -0.413. The van der Waals surface area contributed by atoms with E-state index in [-0.39, 0.29) is 6.61 Å². The molecule has 0 aliphatic heterocycles. The maximum Gasteiger partial charge on any atom is 0.426 e. The van der Waals surface area contributed by atoms with Crippen LogP contribution in [-0.4, -0.2) is 25.3 Å². The van der Waals surface area contributed by atoms with Crippen LogP contribution in [0.2, 0.25) is 0 Å². The first-order chi connectivity index (χ1) is 10.7. The fourth-order valence-corrected chi connectivity index (χ4v) is 2.13. The average Bonchev–Trinajstić information content (AvgIpc) is 2.51. The van der Waals surface area contributed by atoms with E-state index in [1.165, 1.54) is 51.4 Å². The van der Waals surface area contributed by atoms with Crippen molar-refractivity contribution in [2.75, 3.05) is 13.2 Å². The Kier molecular flexibility index (Phi) is 14.9. The number of unbranched alkanes of at least 4 members (excludes halogenated alkanes) is 9. The first kappa shape index (κ1) is 20.5. The van der Waals surface area contributed by atoms with Gasteiger partial charge in [0.2, 0.25) is 0 Å². The van der Waals surface area contributed by atoms with E-state index in [1.54, 1.807) is 6.92 Å². The summed E-state index contributed by atoms with van der Waals surface area (Å²) in [5.41, 5.74) is 4.38. The molecule has 0 aromatic heterocycles. The zero-order chi connectivity index (χ0) is 16.5. The zero-order valence-corrected chi connectivity index (χ0v) is 14.2. The second-order valence-corrected chi connectivity index (χ2v) is 5.41. The van der Waals surface area contributed by atoms with Gasteiger partial charge in [-0.1, -0.05) is 64.7 Å². The molecule has 3 amide bonds. The smallest absolute Gasteiger partial charge is 0.426 e. The molecule has 0 saturated heterocycles. The third-order valence-corrected chi connectivity index (χ3v) is 3.37. The summed E-state index contributed by atoms with van der Waals surface area (Å²) in [5, 5.41) is 2.69. The Labute approximate surface area is 134 Å². The lowest BCUT2D eigenvalue weighted by Gasteiger charge is -2.08. The molecule has 0 saturated carbocycles. The molecule has 0 spiro atoms. The van der Waals surface area contributed by atoms with E-state index in [4.69, 9.17) is 0 Å². The summed E-state index contributed by atoms with van der Waals surface area (Å²) in [6.07, 6.45) is 12.0. The third kappa shape index (κ3) is 14.9. The van der Waals surface area contributed by atoms with E-state index in [0.717, 1.165) is 12.8 Å². The number of ether oxygens (including phenoxy) is 1. The molecule has 22 heavy (non-hydrogen) atoms. The van der Waals surface area contributed by atoms with E-state index in [1.807, 2.05) is 0 Å². The number of carbonyl (C=O) groups excluding carboxylic acids is 2. The van der Waals surface area contributed by atoms with Crippen LogP contribution < -0.4 is 16.2 Å². The van der Waals surface area contributed by atoms with Gasteiger partial charge in [-0.25, -0.2) is 20.4 Å². The third-order valence-electron chi connectivity index (χ3n) is 3.37. The molecule has 3 N–H and O–H groups in total. The summed E-state index contributed by atoms with van der Waals surface area (Å²) in [6.45, 7) is 4.83. The highest BCUT2D eigenvalue weighted by Gasteiger charge is 2.02. The number of rotatable bonds is 12. The number of hydrogen-bond donors (Lipinski definition) is 3. The minimum atomic E-state index is -0.656. The summed E-state index contributed by atoms with van der Waals surface area (Å²) < 4.78 is 4.61. The van der Waals surface area contributed by atoms with Crippen molar-refractivity contribution in [3.05, 3.63) is 0 Å². The van der Waals surface area contributed by atoms with Crippen molar-refractivity contribution >= 4 is 12.1 Å². The summed E-state index contributed by atoms with van der Waals surface area (Å²) in [5.74, 6) is 0.